The number of pyridine rings is 1. The summed E-state index contributed by atoms with van der Waals surface area (Å²) in [4.78, 5) is 33.7. The molecule has 148 valence electrons. The summed E-state index contributed by atoms with van der Waals surface area (Å²) in [5, 5.41) is 5.84. The van der Waals surface area contributed by atoms with Crippen molar-refractivity contribution >= 4 is 23.3 Å². The van der Waals surface area contributed by atoms with E-state index in [4.69, 9.17) is 0 Å². The molecule has 0 spiro atoms. The molecule has 7 heteroatoms. The molecular formula is C20H31N5O2. The number of nitrogens with one attached hydrogen (secondary N) is 2. The molecule has 1 atom stereocenters. The molecule has 1 aromatic rings. The predicted octanol–water partition coefficient (Wildman–Crippen LogP) is 2.00. The lowest BCUT2D eigenvalue weighted by Gasteiger charge is -2.43. The summed E-state index contributed by atoms with van der Waals surface area (Å²) in [6.07, 6.45) is 7.05. The highest BCUT2D eigenvalue weighted by Crippen LogP contribution is 2.24. The number of nitrogens with zero attached hydrogens (tertiary/aromatic N) is 3. The van der Waals surface area contributed by atoms with Crippen LogP contribution in [0.4, 0.5) is 11.5 Å². The minimum atomic E-state index is -0.624. The largest absolute Gasteiger partial charge is 0.357 e. The molecule has 27 heavy (non-hydrogen) atoms. The van der Waals surface area contributed by atoms with Crippen molar-refractivity contribution in [1.29, 1.82) is 0 Å². The van der Waals surface area contributed by atoms with Gasteiger partial charge in [0.05, 0.1) is 24.0 Å². The first-order chi connectivity index (χ1) is 13.0. The normalized spacial score (nSPS) is 23.8. The number of carbonyl (C=O) groups is 2. The van der Waals surface area contributed by atoms with Crippen molar-refractivity contribution in [3.63, 3.8) is 0 Å². The Morgan fingerprint density at radius 3 is 2.70 bits per heavy atom. The van der Waals surface area contributed by atoms with Crippen LogP contribution >= 0.6 is 0 Å². The van der Waals surface area contributed by atoms with Crippen LogP contribution in [0.2, 0.25) is 0 Å². The Balaban J connectivity index is 1.59. The topological polar surface area (TPSA) is 77.6 Å². The molecule has 3 rings (SSSR count). The van der Waals surface area contributed by atoms with Gasteiger partial charge >= 0.3 is 0 Å². The lowest BCUT2D eigenvalue weighted by Crippen LogP contribution is -2.64. The quantitative estimate of drug-likeness (QED) is 0.798. The second kappa shape index (κ2) is 8.69. The lowest BCUT2D eigenvalue weighted by molar-refractivity contribution is -0.138. The Kier molecular flexibility index (Phi) is 6.31. The van der Waals surface area contributed by atoms with E-state index in [9.17, 15) is 9.59 Å². The maximum absolute atomic E-state index is 12.5. The molecule has 2 fully saturated rings. The fourth-order valence-electron chi connectivity index (χ4n) is 4.04. The molecular weight excluding hydrogens is 342 g/mol. The summed E-state index contributed by atoms with van der Waals surface area (Å²) in [5.41, 5.74) is 0.0696. The van der Waals surface area contributed by atoms with Crippen LogP contribution in [0.5, 0.6) is 0 Å². The smallest absolute Gasteiger partial charge is 0.240 e. The first kappa shape index (κ1) is 19.6. The monoisotopic (exact) mass is 373 g/mol. The molecule has 0 unspecified atom stereocenters. The number of rotatable bonds is 6. The van der Waals surface area contributed by atoms with E-state index < -0.39 is 5.54 Å². The predicted molar refractivity (Wildman–Crippen MR) is 107 cm³/mol. The number of hydrogen-bond acceptors (Lipinski definition) is 5. The zero-order valence-corrected chi connectivity index (χ0v) is 16.5. The van der Waals surface area contributed by atoms with Crippen LogP contribution in [0.25, 0.3) is 0 Å². The van der Waals surface area contributed by atoms with Crippen LogP contribution in [-0.2, 0) is 9.59 Å². The third-order valence-electron chi connectivity index (χ3n) is 5.64. The first-order valence-corrected chi connectivity index (χ1v) is 10.1. The molecule has 2 saturated heterocycles. The van der Waals surface area contributed by atoms with Crippen molar-refractivity contribution in [3.05, 3.63) is 18.3 Å². The SMILES string of the molecule is CCC[C@]1(C)C(=O)NCCN1CC(=O)Nc1ccc(N2CCCCC2)nc1. The van der Waals surface area contributed by atoms with Gasteiger partial charge in [-0.1, -0.05) is 13.3 Å². The van der Waals surface area contributed by atoms with Gasteiger partial charge in [-0.15, -0.1) is 0 Å². The Morgan fingerprint density at radius 2 is 2.04 bits per heavy atom. The van der Waals surface area contributed by atoms with Gasteiger partial charge < -0.3 is 15.5 Å². The van der Waals surface area contributed by atoms with Gasteiger partial charge in [0.1, 0.15) is 5.82 Å². The molecule has 0 saturated carbocycles. The number of amides is 2. The van der Waals surface area contributed by atoms with Crippen molar-refractivity contribution in [2.75, 3.05) is 42.9 Å². The minimum Gasteiger partial charge on any atom is -0.357 e. The fraction of sp³-hybridized carbons (Fsp3) is 0.650. The van der Waals surface area contributed by atoms with E-state index in [-0.39, 0.29) is 18.4 Å². The Hall–Kier alpha value is -2.15. The van der Waals surface area contributed by atoms with Crippen molar-refractivity contribution < 1.29 is 9.59 Å². The van der Waals surface area contributed by atoms with Crippen LogP contribution in [0.1, 0.15) is 46.0 Å². The van der Waals surface area contributed by atoms with Gasteiger partial charge in [-0.05, 0) is 44.7 Å². The van der Waals surface area contributed by atoms with Crippen LogP contribution < -0.4 is 15.5 Å². The number of aromatic nitrogens is 1. The first-order valence-electron chi connectivity index (χ1n) is 10.1. The number of piperazine rings is 1. The summed E-state index contributed by atoms with van der Waals surface area (Å²) >= 11 is 0. The molecule has 2 N–H and O–H groups in total. The minimum absolute atomic E-state index is 0.0101. The summed E-state index contributed by atoms with van der Waals surface area (Å²) < 4.78 is 0. The average molecular weight is 374 g/mol. The third kappa shape index (κ3) is 4.58. The van der Waals surface area contributed by atoms with Gasteiger partial charge in [-0.2, -0.15) is 0 Å². The number of piperidine rings is 1. The maximum atomic E-state index is 12.5. The number of anilines is 2. The standard InChI is InChI=1S/C20H31N5O2/c1-3-9-20(2)19(27)21-10-13-25(20)15-18(26)23-16-7-8-17(22-14-16)24-11-5-4-6-12-24/h7-8,14H,3-6,9-13,15H2,1-2H3,(H,21,27)(H,23,26)/t20-/m1/s1. The van der Waals surface area contributed by atoms with Gasteiger partial charge in [-0.25, -0.2) is 4.98 Å². The summed E-state index contributed by atoms with van der Waals surface area (Å²) in [5.74, 6) is 0.867. The Morgan fingerprint density at radius 1 is 1.26 bits per heavy atom. The highest BCUT2D eigenvalue weighted by molar-refractivity contribution is 5.93. The van der Waals surface area contributed by atoms with E-state index >= 15 is 0 Å². The molecule has 0 radical (unpaired) electrons. The number of hydrogen-bond donors (Lipinski definition) is 2. The fourth-order valence-corrected chi connectivity index (χ4v) is 4.04. The third-order valence-corrected chi connectivity index (χ3v) is 5.64. The average Bonchev–Trinajstić information content (AvgIpc) is 2.67. The number of carbonyl (C=O) groups excluding carboxylic acids is 2. The van der Waals surface area contributed by atoms with E-state index in [1.807, 2.05) is 24.0 Å². The molecule has 0 bridgehead atoms. The van der Waals surface area contributed by atoms with Gasteiger partial charge in [0, 0.05) is 26.2 Å². The van der Waals surface area contributed by atoms with E-state index in [2.05, 4.69) is 27.4 Å². The van der Waals surface area contributed by atoms with Crippen molar-refractivity contribution in [2.24, 2.45) is 0 Å². The molecule has 7 nitrogen and oxygen atoms in total. The van der Waals surface area contributed by atoms with Crippen LogP contribution in [0.15, 0.2) is 18.3 Å². The van der Waals surface area contributed by atoms with E-state index in [1.54, 1.807) is 6.20 Å². The summed E-state index contributed by atoms with van der Waals surface area (Å²) in [6.45, 7) is 7.54. The molecule has 2 aliphatic rings. The molecule has 2 aliphatic heterocycles. The van der Waals surface area contributed by atoms with Gasteiger partial charge in [0.15, 0.2) is 0 Å². The van der Waals surface area contributed by atoms with Crippen LogP contribution in [0, 0.1) is 0 Å². The maximum Gasteiger partial charge on any atom is 0.240 e. The highest BCUT2D eigenvalue weighted by atomic mass is 16.2. The highest BCUT2D eigenvalue weighted by Gasteiger charge is 2.41. The van der Waals surface area contributed by atoms with Crippen molar-refractivity contribution in [2.45, 2.75) is 51.5 Å². The van der Waals surface area contributed by atoms with Crippen molar-refractivity contribution in [1.82, 2.24) is 15.2 Å². The van der Waals surface area contributed by atoms with Gasteiger partial charge in [-0.3, -0.25) is 14.5 Å². The molecule has 3 heterocycles. The van der Waals surface area contributed by atoms with E-state index in [1.165, 1.54) is 19.3 Å². The van der Waals surface area contributed by atoms with E-state index in [0.29, 0.717) is 18.8 Å². The van der Waals surface area contributed by atoms with Crippen molar-refractivity contribution in [3.8, 4) is 0 Å². The zero-order valence-electron chi connectivity index (χ0n) is 16.5. The van der Waals surface area contributed by atoms with Gasteiger partial charge in [0.2, 0.25) is 11.8 Å². The Bertz CT molecular complexity index is 657. The Labute approximate surface area is 161 Å². The van der Waals surface area contributed by atoms with Crippen LogP contribution in [-0.4, -0.2) is 60.0 Å². The lowest BCUT2D eigenvalue weighted by atomic mass is 9.90. The van der Waals surface area contributed by atoms with Gasteiger partial charge in [0.25, 0.3) is 0 Å². The molecule has 1 aromatic heterocycles. The summed E-state index contributed by atoms with van der Waals surface area (Å²) in [7, 11) is 0. The molecule has 0 aromatic carbocycles. The summed E-state index contributed by atoms with van der Waals surface area (Å²) in [6, 6.07) is 3.87. The van der Waals surface area contributed by atoms with E-state index in [0.717, 1.165) is 31.7 Å². The molecule has 2 amide bonds. The van der Waals surface area contributed by atoms with Crippen LogP contribution in [0.3, 0.4) is 0 Å². The second-order valence-electron chi connectivity index (χ2n) is 7.70. The zero-order chi connectivity index (χ0) is 19.3. The molecule has 0 aliphatic carbocycles. The second-order valence-corrected chi connectivity index (χ2v) is 7.70.